The summed E-state index contributed by atoms with van der Waals surface area (Å²) in [6.45, 7) is 5.15. The predicted molar refractivity (Wildman–Crippen MR) is 116 cm³/mol. The summed E-state index contributed by atoms with van der Waals surface area (Å²) in [7, 11) is 0. The second kappa shape index (κ2) is 8.89. The normalized spacial score (nSPS) is 17.1. The maximum Gasteiger partial charge on any atom is 0.133 e. The molecule has 1 aliphatic rings. The van der Waals surface area contributed by atoms with Crippen molar-refractivity contribution in [1.82, 2.24) is 10.3 Å². The number of para-hydroxylation sites is 1. The molecule has 0 aliphatic carbocycles. The molecule has 2 heterocycles. The fraction of sp³-hybridized carbons (Fsp3) is 0.375. The van der Waals surface area contributed by atoms with E-state index in [9.17, 15) is 9.50 Å². The monoisotopic (exact) mass is 393 g/mol. The molecule has 0 bridgehead atoms. The minimum Gasteiger partial charge on any atom is -0.391 e. The Morgan fingerprint density at radius 3 is 2.83 bits per heavy atom. The largest absolute Gasteiger partial charge is 0.391 e. The number of pyridine rings is 1. The molecule has 0 saturated carbocycles. The molecule has 152 valence electrons. The van der Waals surface area contributed by atoms with Crippen LogP contribution in [0.1, 0.15) is 29.5 Å². The van der Waals surface area contributed by atoms with Gasteiger partial charge in [-0.3, -0.25) is 0 Å². The third-order valence-electron chi connectivity index (χ3n) is 5.62. The lowest BCUT2D eigenvalue weighted by molar-refractivity contribution is 0.154. The molecule has 1 atom stereocenters. The Morgan fingerprint density at radius 2 is 2.03 bits per heavy atom. The summed E-state index contributed by atoms with van der Waals surface area (Å²) in [6.07, 6.45) is 2.39. The number of aryl methyl sites for hydroxylation is 1. The lowest BCUT2D eigenvalue weighted by Gasteiger charge is -2.32. The summed E-state index contributed by atoms with van der Waals surface area (Å²) in [5.74, 6) is 0.771. The molecule has 0 amide bonds. The molecule has 2 N–H and O–H groups in total. The molecule has 29 heavy (non-hydrogen) atoms. The van der Waals surface area contributed by atoms with Gasteiger partial charge < -0.3 is 15.3 Å². The Kier molecular flexibility index (Phi) is 6.07. The average molecular weight is 394 g/mol. The number of halogens is 1. The zero-order chi connectivity index (χ0) is 20.2. The number of rotatable bonds is 6. The molecule has 5 heteroatoms. The van der Waals surface area contributed by atoms with Crippen LogP contribution in [0.5, 0.6) is 0 Å². The summed E-state index contributed by atoms with van der Waals surface area (Å²) in [6, 6.07) is 15.1. The number of nitrogens with zero attached hydrogens (tertiary/aromatic N) is 2. The van der Waals surface area contributed by atoms with Gasteiger partial charge >= 0.3 is 0 Å². The highest BCUT2D eigenvalue weighted by Gasteiger charge is 2.22. The highest BCUT2D eigenvalue weighted by atomic mass is 19.1. The lowest BCUT2D eigenvalue weighted by atomic mass is 10.0. The van der Waals surface area contributed by atoms with Crippen LogP contribution in [-0.2, 0) is 13.0 Å². The molecule has 0 unspecified atom stereocenters. The summed E-state index contributed by atoms with van der Waals surface area (Å²) in [4.78, 5) is 7.23. The number of benzene rings is 2. The van der Waals surface area contributed by atoms with Crippen LogP contribution >= 0.6 is 0 Å². The summed E-state index contributed by atoms with van der Waals surface area (Å²) in [5.41, 5.74) is 4.46. The first-order valence-corrected chi connectivity index (χ1v) is 10.4. The number of hydrogen-bond donors (Lipinski definition) is 2. The number of aliphatic hydroxyl groups is 1. The number of anilines is 1. The first kappa shape index (κ1) is 19.8. The predicted octanol–water partition coefficient (Wildman–Crippen LogP) is 3.98. The highest BCUT2D eigenvalue weighted by Crippen LogP contribution is 2.27. The van der Waals surface area contributed by atoms with E-state index in [1.807, 2.05) is 12.1 Å². The molecule has 1 aliphatic heterocycles. The Labute approximate surface area is 171 Å². The number of fused-ring (bicyclic) bond motifs is 1. The van der Waals surface area contributed by atoms with Gasteiger partial charge in [-0.05, 0) is 62.1 Å². The van der Waals surface area contributed by atoms with E-state index in [0.717, 1.165) is 65.8 Å². The van der Waals surface area contributed by atoms with Crippen molar-refractivity contribution in [2.24, 2.45) is 0 Å². The maximum absolute atomic E-state index is 13.1. The zero-order valence-corrected chi connectivity index (χ0v) is 16.9. The summed E-state index contributed by atoms with van der Waals surface area (Å²) in [5, 5.41) is 14.8. The van der Waals surface area contributed by atoms with Gasteiger partial charge in [-0.15, -0.1) is 0 Å². The molecule has 4 nitrogen and oxygen atoms in total. The van der Waals surface area contributed by atoms with E-state index in [-0.39, 0.29) is 11.9 Å². The standard InChI is InChI=1S/C24H28FN3O/c1-17-4-2-5-19-14-20(15-26-12-11-18-7-9-21(25)10-8-18)24(27-23(17)19)28-13-3-6-22(29)16-28/h2,4-5,7-10,14,22,26,29H,3,6,11-13,15-16H2,1H3/t22-/m1/s1. The SMILES string of the molecule is Cc1cccc2cc(CNCCc3ccc(F)cc3)c(N3CCC[C@@H](O)C3)nc12. The van der Waals surface area contributed by atoms with Crippen molar-refractivity contribution < 1.29 is 9.50 Å². The number of nitrogens with one attached hydrogen (secondary N) is 1. The smallest absolute Gasteiger partial charge is 0.133 e. The van der Waals surface area contributed by atoms with Gasteiger partial charge in [0, 0.05) is 30.6 Å². The van der Waals surface area contributed by atoms with Gasteiger partial charge in [-0.25, -0.2) is 9.37 Å². The van der Waals surface area contributed by atoms with Crippen molar-refractivity contribution in [2.75, 3.05) is 24.5 Å². The van der Waals surface area contributed by atoms with E-state index in [0.29, 0.717) is 13.1 Å². The molecule has 3 aromatic rings. The number of β-amino-alcohol motifs (C(OH)–C–C–N with tert-alkyl or cyclic N) is 1. The van der Waals surface area contributed by atoms with Crippen molar-refractivity contribution in [3.8, 4) is 0 Å². The Hall–Kier alpha value is -2.50. The van der Waals surface area contributed by atoms with Crippen LogP contribution in [0.4, 0.5) is 10.2 Å². The Balaban J connectivity index is 1.53. The van der Waals surface area contributed by atoms with Gasteiger partial charge in [0.15, 0.2) is 0 Å². The van der Waals surface area contributed by atoms with E-state index in [1.165, 1.54) is 12.1 Å². The van der Waals surface area contributed by atoms with E-state index in [2.05, 4.69) is 41.4 Å². The van der Waals surface area contributed by atoms with Gasteiger partial charge in [0.1, 0.15) is 11.6 Å². The van der Waals surface area contributed by atoms with E-state index >= 15 is 0 Å². The van der Waals surface area contributed by atoms with Crippen molar-refractivity contribution >= 4 is 16.7 Å². The second-order valence-electron chi connectivity index (χ2n) is 7.91. The molecule has 4 rings (SSSR count). The lowest BCUT2D eigenvalue weighted by Crippen LogP contribution is -2.39. The summed E-state index contributed by atoms with van der Waals surface area (Å²) >= 11 is 0. The minimum absolute atomic E-state index is 0.201. The molecule has 1 saturated heterocycles. The number of aliphatic hydroxyl groups excluding tert-OH is 1. The molecule has 0 spiro atoms. The molecule has 2 aromatic carbocycles. The van der Waals surface area contributed by atoms with Gasteiger partial charge in [-0.1, -0.05) is 30.3 Å². The Bertz CT molecular complexity index is 974. The van der Waals surface area contributed by atoms with Gasteiger partial charge in [0.05, 0.1) is 11.6 Å². The number of piperidine rings is 1. The minimum atomic E-state index is -0.294. The van der Waals surface area contributed by atoms with Crippen LogP contribution in [0.25, 0.3) is 10.9 Å². The molecule has 1 aromatic heterocycles. The van der Waals surface area contributed by atoms with Crippen LogP contribution in [-0.4, -0.2) is 35.8 Å². The maximum atomic E-state index is 13.1. The highest BCUT2D eigenvalue weighted by molar-refractivity contribution is 5.84. The second-order valence-corrected chi connectivity index (χ2v) is 7.91. The number of hydrogen-bond acceptors (Lipinski definition) is 4. The summed E-state index contributed by atoms with van der Waals surface area (Å²) < 4.78 is 13.1. The fourth-order valence-electron chi connectivity index (χ4n) is 4.04. The quantitative estimate of drug-likeness (QED) is 0.622. The van der Waals surface area contributed by atoms with E-state index in [1.54, 1.807) is 0 Å². The van der Waals surface area contributed by atoms with Gasteiger partial charge in [0.2, 0.25) is 0 Å². The third-order valence-corrected chi connectivity index (χ3v) is 5.62. The van der Waals surface area contributed by atoms with Crippen molar-refractivity contribution in [2.45, 2.75) is 38.8 Å². The molecular formula is C24H28FN3O. The zero-order valence-electron chi connectivity index (χ0n) is 16.9. The molecule has 0 radical (unpaired) electrons. The first-order valence-electron chi connectivity index (χ1n) is 10.4. The van der Waals surface area contributed by atoms with E-state index < -0.39 is 0 Å². The fourth-order valence-corrected chi connectivity index (χ4v) is 4.04. The van der Waals surface area contributed by atoms with Crippen LogP contribution < -0.4 is 10.2 Å². The van der Waals surface area contributed by atoms with E-state index in [4.69, 9.17) is 4.98 Å². The van der Waals surface area contributed by atoms with Crippen molar-refractivity contribution in [3.63, 3.8) is 0 Å². The van der Waals surface area contributed by atoms with Crippen molar-refractivity contribution in [3.05, 3.63) is 71.0 Å². The average Bonchev–Trinajstić information content (AvgIpc) is 2.72. The topological polar surface area (TPSA) is 48.4 Å². The third kappa shape index (κ3) is 4.74. The van der Waals surface area contributed by atoms with Crippen LogP contribution in [0.2, 0.25) is 0 Å². The molecule has 1 fully saturated rings. The van der Waals surface area contributed by atoms with Crippen molar-refractivity contribution in [1.29, 1.82) is 0 Å². The Morgan fingerprint density at radius 1 is 1.21 bits per heavy atom. The van der Waals surface area contributed by atoms with Gasteiger partial charge in [0.25, 0.3) is 0 Å². The molecular weight excluding hydrogens is 365 g/mol. The number of aromatic nitrogens is 1. The van der Waals surface area contributed by atoms with Crippen LogP contribution in [0.3, 0.4) is 0 Å². The van der Waals surface area contributed by atoms with Crippen LogP contribution in [0.15, 0.2) is 48.5 Å². The van der Waals surface area contributed by atoms with Gasteiger partial charge in [-0.2, -0.15) is 0 Å². The first-order chi connectivity index (χ1) is 14.1. The van der Waals surface area contributed by atoms with Crippen LogP contribution in [0, 0.1) is 12.7 Å².